The predicted octanol–water partition coefficient (Wildman–Crippen LogP) is 1.80. The lowest BCUT2D eigenvalue weighted by Gasteiger charge is -2.13. The molecule has 0 saturated carbocycles. The molecule has 1 aromatic rings. The van der Waals surface area contributed by atoms with E-state index in [1.807, 2.05) is 19.1 Å². The lowest BCUT2D eigenvalue weighted by Crippen LogP contribution is -2.33. The Morgan fingerprint density at radius 1 is 1.47 bits per heavy atom. The number of benzene rings is 1. The highest BCUT2D eigenvalue weighted by atomic mass is 35.5. The minimum absolute atomic E-state index is 0.0639. The fourth-order valence-corrected chi connectivity index (χ4v) is 3.98. The highest BCUT2D eigenvalue weighted by Crippen LogP contribution is 2.22. The van der Waals surface area contributed by atoms with Gasteiger partial charge in [0.15, 0.2) is 9.84 Å². The highest BCUT2D eigenvalue weighted by molar-refractivity contribution is 7.91. The van der Waals surface area contributed by atoms with E-state index in [1.165, 1.54) is 0 Å². The van der Waals surface area contributed by atoms with Gasteiger partial charge in [-0.15, -0.1) is 0 Å². The SMILES string of the molecule is Cc1ccc(Cl)cc1OCCNC1CCS(=O)(=O)C1. The van der Waals surface area contributed by atoms with E-state index in [0.717, 1.165) is 11.3 Å². The molecule has 4 nitrogen and oxygen atoms in total. The molecule has 19 heavy (non-hydrogen) atoms. The zero-order valence-electron chi connectivity index (χ0n) is 10.9. The van der Waals surface area contributed by atoms with Gasteiger partial charge >= 0.3 is 0 Å². The summed E-state index contributed by atoms with van der Waals surface area (Å²) in [4.78, 5) is 0. The van der Waals surface area contributed by atoms with Crippen LogP contribution in [0, 0.1) is 6.92 Å². The van der Waals surface area contributed by atoms with Crippen LogP contribution < -0.4 is 10.1 Å². The van der Waals surface area contributed by atoms with Gasteiger partial charge in [-0.25, -0.2) is 8.42 Å². The Bertz CT molecular complexity index is 545. The molecule has 0 aliphatic carbocycles. The first kappa shape index (κ1) is 14.6. The molecule has 1 N–H and O–H groups in total. The summed E-state index contributed by atoms with van der Waals surface area (Å²) in [7, 11) is -2.82. The van der Waals surface area contributed by atoms with Gasteiger partial charge in [0.1, 0.15) is 12.4 Å². The smallest absolute Gasteiger partial charge is 0.151 e. The van der Waals surface area contributed by atoms with Gasteiger partial charge in [0.05, 0.1) is 11.5 Å². The Balaban J connectivity index is 1.74. The van der Waals surface area contributed by atoms with Gasteiger partial charge < -0.3 is 10.1 Å². The van der Waals surface area contributed by atoms with Crippen LogP contribution in [-0.2, 0) is 9.84 Å². The van der Waals surface area contributed by atoms with Crippen LogP contribution in [0.2, 0.25) is 5.02 Å². The molecule has 2 rings (SSSR count). The van der Waals surface area contributed by atoms with Crippen LogP contribution in [-0.4, -0.2) is 39.1 Å². The molecule has 0 radical (unpaired) electrons. The summed E-state index contributed by atoms with van der Waals surface area (Å²) in [5.74, 6) is 1.30. The second-order valence-corrected chi connectivity index (χ2v) is 7.48. The average Bonchev–Trinajstić information content (AvgIpc) is 2.69. The molecule has 1 unspecified atom stereocenters. The quantitative estimate of drug-likeness (QED) is 0.843. The standard InChI is InChI=1S/C13H18ClNO3S/c1-10-2-3-11(14)8-13(10)18-6-5-15-12-4-7-19(16,17)9-12/h2-3,8,12,15H,4-7,9H2,1H3. The molecule has 6 heteroatoms. The molecule has 106 valence electrons. The van der Waals surface area contributed by atoms with Gasteiger partial charge in [-0.2, -0.15) is 0 Å². The van der Waals surface area contributed by atoms with Crippen LogP contribution >= 0.6 is 11.6 Å². The molecule has 1 fully saturated rings. The maximum atomic E-state index is 11.3. The van der Waals surface area contributed by atoms with Crippen LogP contribution in [0.4, 0.5) is 0 Å². The van der Waals surface area contributed by atoms with Crippen molar-refractivity contribution in [2.45, 2.75) is 19.4 Å². The number of ether oxygens (including phenoxy) is 1. The second-order valence-electron chi connectivity index (χ2n) is 4.81. The lowest BCUT2D eigenvalue weighted by molar-refractivity contribution is 0.305. The van der Waals surface area contributed by atoms with Gasteiger partial charge in [-0.1, -0.05) is 17.7 Å². The van der Waals surface area contributed by atoms with E-state index >= 15 is 0 Å². The fraction of sp³-hybridized carbons (Fsp3) is 0.538. The summed E-state index contributed by atoms with van der Waals surface area (Å²) in [6.07, 6.45) is 0.693. The third kappa shape index (κ3) is 4.37. The van der Waals surface area contributed by atoms with E-state index in [-0.39, 0.29) is 11.8 Å². The van der Waals surface area contributed by atoms with Crippen molar-refractivity contribution in [3.63, 3.8) is 0 Å². The van der Waals surface area contributed by atoms with Crippen LogP contribution in [0.25, 0.3) is 0 Å². The van der Waals surface area contributed by atoms with E-state index < -0.39 is 9.84 Å². The van der Waals surface area contributed by atoms with Crippen molar-refractivity contribution >= 4 is 21.4 Å². The third-order valence-corrected chi connectivity index (χ3v) is 5.18. The van der Waals surface area contributed by atoms with Gasteiger partial charge in [0.25, 0.3) is 0 Å². The maximum Gasteiger partial charge on any atom is 0.151 e. The van der Waals surface area contributed by atoms with Crippen molar-refractivity contribution in [2.75, 3.05) is 24.7 Å². The minimum atomic E-state index is -2.82. The molecule has 1 atom stereocenters. The number of sulfone groups is 1. The molecule has 1 aromatic carbocycles. The van der Waals surface area contributed by atoms with Crippen molar-refractivity contribution in [1.29, 1.82) is 0 Å². The fourth-order valence-electron chi connectivity index (χ4n) is 2.11. The molecule has 0 aromatic heterocycles. The molecule has 0 spiro atoms. The number of rotatable bonds is 5. The first-order chi connectivity index (χ1) is 8.96. The zero-order valence-corrected chi connectivity index (χ0v) is 12.4. The molecule has 1 aliphatic heterocycles. The zero-order chi connectivity index (χ0) is 13.9. The van der Waals surface area contributed by atoms with Crippen molar-refractivity contribution in [3.05, 3.63) is 28.8 Å². The molecular weight excluding hydrogens is 286 g/mol. The average molecular weight is 304 g/mol. The van der Waals surface area contributed by atoms with Crippen LogP contribution in [0.15, 0.2) is 18.2 Å². The van der Waals surface area contributed by atoms with Crippen LogP contribution in [0.5, 0.6) is 5.75 Å². The first-order valence-electron chi connectivity index (χ1n) is 6.29. The summed E-state index contributed by atoms with van der Waals surface area (Å²) < 4.78 is 28.2. The van der Waals surface area contributed by atoms with Crippen molar-refractivity contribution in [1.82, 2.24) is 5.32 Å². The lowest BCUT2D eigenvalue weighted by atomic mass is 10.2. The Morgan fingerprint density at radius 3 is 2.95 bits per heavy atom. The third-order valence-electron chi connectivity index (χ3n) is 3.18. The van der Waals surface area contributed by atoms with E-state index in [0.29, 0.717) is 30.3 Å². The predicted molar refractivity (Wildman–Crippen MR) is 76.7 cm³/mol. The molecule has 1 saturated heterocycles. The summed E-state index contributed by atoms with van der Waals surface area (Å²) in [6.45, 7) is 3.09. The second kappa shape index (κ2) is 6.11. The Morgan fingerprint density at radius 2 is 2.26 bits per heavy atom. The first-order valence-corrected chi connectivity index (χ1v) is 8.49. The van der Waals surface area contributed by atoms with E-state index in [1.54, 1.807) is 6.07 Å². The number of hydrogen-bond acceptors (Lipinski definition) is 4. The van der Waals surface area contributed by atoms with E-state index in [9.17, 15) is 8.42 Å². The highest BCUT2D eigenvalue weighted by Gasteiger charge is 2.26. The van der Waals surface area contributed by atoms with Crippen LogP contribution in [0.3, 0.4) is 0 Å². The topological polar surface area (TPSA) is 55.4 Å². The number of halogens is 1. The van der Waals surface area contributed by atoms with Gasteiger partial charge in [0, 0.05) is 17.6 Å². The van der Waals surface area contributed by atoms with Crippen LogP contribution in [0.1, 0.15) is 12.0 Å². The summed E-state index contributed by atoms with van der Waals surface area (Å²) in [5.41, 5.74) is 1.04. The van der Waals surface area contributed by atoms with Crippen molar-refractivity contribution < 1.29 is 13.2 Å². The Hall–Kier alpha value is -0.780. The monoisotopic (exact) mass is 303 g/mol. The van der Waals surface area contributed by atoms with Gasteiger partial charge in [-0.05, 0) is 31.0 Å². The molecule has 1 heterocycles. The molecule has 0 amide bonds. The summed E-state index contributed by atoms with van der Waals surface area (Å²) in [5, 5.41) is 3.85. The molecule has 1 aliphatic rings. The Labute approximate surface area is 119 Å². The maximum absolute atomic E-state index is 11.3. The van der Waals surface area contributed by atoms with E-state index in [4.69, 9.17) is 16.3 Å². The van der Waals surface area contributed by atoms with E-state index in [2.05, 4.69) is 5.32 Å². The van der Waals surface area contributed by atoms with Crippen molar-refractivity contribution in [2.24, 2.45) is 0 Å². The number of aryl methyl sites for hydroxylation is 1. The number of hydrogen-bond donors (Lipinski definition) is 1. The molecule has 0 bridgehead atoms. The van der Waals surface area contributed by atoms with Gasteiger partial charge in [-0.3, -0.25) is 0 Å². The minimum Gasteiger partial charge on any atom is -0.492 e. The normalized spacial score (nSPS) is 21.5. The summed E-state index contributed by atoms with van der Waals surface area (Å²) >= 11 is 5.90. The molecular formula is C13H18ClNO3S. The number of nitrogens with one attached hydrogen (secondary N) is 1. The Kier molecular flexibility index (Phi) is 4.71. The van der Waals surface area contributed by atoms with Crippen molar-refractivity contribution in [3.8, 4) is 5.75 Å². The largest absolute Gasteiger partial charge is 0.492 e. The summed E-state index contributed by atoms with van der Waals surface area (Å²) in [6, 6.07) is 5.59. The van der Waals surface area contributed by atoms with Gasteiger partial charge in [0.2, 0.25) is 0 Å².